The fourth-order valence-electron chi connectivity index (χ4n) is 2.40. The Bertz CT molecular complexity index is 533. The maximum atomic E-state index is 12.3. The number of rotatable bonds is 3. The third-order valence-corrected chi connectivity index (χ3v) is 6.82. The predicted molar refractivity (Wildman–Crippen MR) is 73.7 cm³/mol. The van der Waals surface area contributed by atoms with E-state index >= 15 is 0 Å². The molecule has 0 aliphatic heterocycles. The first-order valence-electron chi connectivity index (χ1n) is 5.99. The van der Waals surface area contributed by atoms with Crippen molar-refractivity contribution in [3.8, 4) is 0 Å². The topological polar surface area (TPSA) is 59.1 Å². The Morgan fingerprint density at radius 1 is 1.33 bits per heavy atom. The van der Waals surface area contributed by atoms with E-state index in [9.17, 15) is 8.42 Å². The van der Waals surface area contributed by atoms with Crippen LogP contribution in [0.25, 0.3) is 0 Å². The summed E-state index contributed by atoms with van der Waals surface area (Å²) in [4.78, 5) is 3.96. The average Bonchev–Trinajstić information content (AvgIpc) is 2.58. The molecule has 0 saturated heterocycles. The molecular weight excluding hydrogens is 292 g/mol. The van der Waals surface area contributed by atoms with Crippen molar-refractivity contribution in [1.82, 2.24) is 9.71 Å². The third-order valence-electron chi connectivity index (χ3n) is 3.31. The Hall–Kier alpha value is -0.170. The molecule has 0 atom stereocenters. The van der Waals surface area contributed by atoms with Gasteiger partial charge in [0.2, 0.25) is 0 Å². The van der Waals surface area contributed by atoms with Gasteiger partial charge < -0.3 is 0 Å². The van der Waals surface area contributed by atoms with Gasteiger partial charge in [0.15, 0.2) is 8.68 Å². The molecule has 102 valence electrons. The van der Waals surface area contributed by atoms with E-state index in [2.05, 4.69) is 9.71 Å². The van der Waals surface area contributed by atoms with Crippen molar-refractivity contribution >= 4 is 33.0 Å². The normalized spacial score (nSPS) is 19.9. The fraction of sp³-hybridized carbons (Fsp3) is 0.727. The summed E-state index contributed by atoms with van der Waals surface area (Å²) in [6.45, 7) is 3.64. The summed E-state index contributed by atoms with van der Waals surface area (Å²) in [6, 6.07) is 0. The molecule has 1 aliphatic carbocycles. The van der Waals surface area contributed by atoms with E-state index in [4.69, 9.17) is 11.6 Å². The average molecular weight is 309 g/mol. The van der Waals surface area contributed by atoms with Crippen LogP contribution >= 0.6 is 22.9 Å². The van der Waals surface area contributed by atoms with Crippen LogP contribution in [0.4, 0.5) is 0 Å². The van der Waals surface area contributed by atoms with Gasteiger partial charge in [-0.3, -0.25) is 0 Å². The summed E-state index contributed by atoms with van der Waals surface area (Å²) >= 11 is 6.78. The van der Waals surface area contributed by atoms with Crippen molar-refractivity contribution in [2.45, 2.75) is 55.7 Å². The number of hydrogen-bond acceptors (Lipinski definition) is 4. The van der Waals surface area contributed by atoms with Crippen LogP contribution in [-0.2, 0) is 10.0 Å². The van der Waals surface area contributed by atoms with Gasteiger partial charge in [-0.25, -0.2) is 18.1 Å². The summed E-state index contributed by atoms with van der Waals surface area (Å²) in [5.74, 6) is 0. The van der Waals surface area contributed by atoms with Gasteiger partial charge in [0.25, 0.3) is 10.0 Å². The zero-order valence-electron chi connectivity index (χ0n) is 10.5. The van der Waals surface area contributed by atoms with Crippen molar-refractivity contribution in [3.63, 3.8) is 0 Å². The number of thiazole rings is 1. The Kier molecular flexibility index (Phi) is 4.02. The van der Waals surface area contributed by atoms with Crippen molar-refractivity contribution in [2.24, 2.45) is 0 Å². The first-order chi connectivity index (χ1) is 8.32. The first kappa shape index (κ1) is 14.2. The number of nitrogens with zero attached hydrogens (tertiary/aromatic N) is 1. The van der Waals surface area contributed by atoms with E-state index in [-0.39, 0.29) is 14.2 Å². The van der Waals surface area contributed by atoms with Gasteiger partial charge in [-0.05, 0) is 26.7 Å². The molecule has 0 spiro atoms. The lowest BCUT2D eigenvalue weighted by molar-refractivity contribution is 0.294. The lowest BCUT2D eigenvalue weighted by Gasteiger charge is -2.33. The highest BCUT2D eigenvalue weighted by Gasteiger charge is 2.33. The summed E-state index contributed by atoms with van der Waals surface area (Å²) in [5, 5.41) is 0. The Morgan fingerprint density at radius 2 is 1.94 bits per heavy atom. The predicted octanol–water partition coefficient (Wildman–Crippen LogP) is 3.11. The van der Waals surface area contributed by atoms with Crippen LogP contribution in [0.5, 0.6) is 0 Å². The quantitative estimate of drug-likeness (QED) is 0.933. The van der Waals surface area contributed by atoms with Crippen molar-refractivity contribution < 1.29 is 8.42 Å². The molecule has 4 nitrogen and oxygen atoms in total. The number of sulfonamides is 1. The number of aromatic nitrogens is 1. The molecular formula is C11H17ClN2O2S2. The lowest BCUT2D eigenvalue weighted by atomic mass is 9.84. The largest absolute Gasteiger partial charge is 0.252 e. The minimum Gasteiger partial charge on any atom is -0.229 e. The van der Waals surface area contributed by atoms with Crippen molar-refractivity contribution in [2.75, 3.05) is 0 Å². The standard InChI is InChI=1S/C11H17ClN2O2S2/c1-8-9(17-10(12)13-8)18(15,16)14-11(2)6-4-3-5-7-11/h14H,3-7H2,1-2H3. The zero-order valence-corrected chi connectivity index (χ0v) is 12.9. The van der Waals surface area contributed by atoms with Gasteiger partial charge in [0.05, 0.1) is 5.69 Å². The summed E-state index contributed by atoms with van der Waals surface area (Å²) in [6.07, 6.45) is 5.10. The lowest BCUT2D eigenvalue weighted by Crippen LogP contribution is -2.46. The second kappa shape index (κ2) is 5.07. The highest BCUT2D eigenvalue weighted by atomic mass is 35.5. The molecule has 0 radical (unpaired) electrons. The van der Waals surface area contributed by atoms with Gasteiger partial charge in [-0.1, -0.05) is 42.2 Å². The molecule has 1 aromatic rings. The van der Waals surface area contributed by atoms with Crippen LogP contribution < -0.4 is 4.72 Å². The maximum absolute atomic E-state index is 12.3. The van der Waals surface area contributed by atoms with Gasteiger partial charge >= 0.3 is 0 Å². The number of aryl methyl sites for hydroxylation is 1. The van der Waals surface area contributed by atoms with E-state index in [1.165, 1.54) is 6.42 Å². The minimum atomic E-state index is -3.51. The monoisotopic (exact) mass is 308 g/mol. The van der Waals surface area contributed by atoms with Gasteiger partial charge in [0, 0.05) is 5.54 Å². The molecule has 1 heterocycles. The Balaban J connectivity index is 2.24. The molecule has 1 fully saturated rings. The molecule has 0 unspecified atom stereocenters. The second-order valence-corrected chi connectivity index (χ2v) is 8.53. The molecule has 7 heteroatoms. The van der Waals surface area contributed by atoms with Crippen LogP contribution in [0.1, 0.15) is 44.7 Å². The van der Waals surface area contributed by atoms with E-state index in [1.54, 1.807) is 6.92 Å². The molecule has 1 saturated carbocycles. The second-order valence-electron chi connectivity index (χ2n) is 5.07. The Labute approximate surface area is 117 Å². The Morgan fingerprint density at radius 3 is 2.44 bits per heavy atom. The van der Waals surface area contributed by atoms with Gasteiger partial charge in [0.1, 0.15) is 0 Å². The molecule has 1 aliphatic rings. The highest BCUT2D eigenvalue weighted by molar-refractivity contribution is 7.91. The van der Waals surface area contributed by atoms with E-state index in [1.807, 2.05) is 6.92 Å². The number of halogens is 1. The van der Waals surface area contributed by atoms with E-state index in [0.717, 1.165) is 37.0 Å². The molecule has 0 amide bonds. The van der Waals surface area contributed by atoms with Gasteiger partial charge in [-0.15, -0.1) is 0 Å². The number of hydrogen-bond donors (Lipinski definition) is 1. The van der Waals surface area contributed by atoms with E-state index in [0.29, 0.717) is 5.69 Å². The number of nitrogens with one attached hydrogen (secondary N) is 1. The van der Waals surface area contributed by atoms with Crippen LogP contribution in [-0.4, -0.2) is 18.9 Å². The van der Waals surface area contributed by atoms with Crippen LogP contribution in [0.15, 0.2) is 4.21 Å². The molecule has 18 heavy (non-hydrogen) atoms. The summed E-state index contributed by atoms with van der Waals surface area (Å²) < 4.78 is 28.0. The van der Waals surface area contributed by atoms with Crippen LogP contribution in [0.3, 0.4) is 0 Å². The van der Waals surface area contributed by atoms with Crippen molar-refractivity contribution in [3.05, 3.63) is 10.2 Å². The molecule has 2 rings (SSSR count). The zero-order chi connectivity index (χ0) is 13.4. The molecule has 1 aromatic heterocycles. The van der Waals surface area contributed by atoms with Gasteiger partial charge in [-0.2, -0.15) is 0 Å². The smallest absolute Gasteiger partial charge is 0.229 e. The van der Waals surface area contributed by atoms with E-state index < -0.39 is 10.0 Å². The third kappa shape index (κ3) is 3.04. The summed E-state index contributed by atoms with van der Waals surface area (Å²) in [5.41, 5.74) is 0.136. The SMILES string of the molecule is Cc1nc(Cl)sc1S(=O)(=O)NC1(C)CCCCC1. The van der Waals surface area contributed by atoms with Crippen molar-refractivity contribution in [1.29, 1.82) is 0 Å². The minimum absolute atomic E-state index is 0.235. The maximum Gasteiger partial charge on any atom is 0.252 e. The highest BCUT2D eigenvalue weighted by Crippen LogP contribution is 2.32. The first-order valence-corrected chi connectivity index (χ1v) is 8.67. The molecule has 0 bridgehead atoms. The van der Waals surface area contributed by atoms with Crippen LogP contribution in [0.2, 0.25) is 4.47 Å². The van der Waals surface area contributed by atoms with Crippen LogP contribution in [0, 0.1) is 6.92 Å². The summed E-state index contributed by atoms with van der Waals surface area (Å²) in [7, 11) is -3.51. The molecule has 0 aromatic carbocycles. The fourth-order valence-corrected chi connectivity index (χ4v) is 5.61. The molecule has 1 N–H and O–H groups in total.